The Morgan fingerprint density at radius 3 is 3.00 bits per heavy atom. The van der Waals surface area contributed by atoms with Gasteiger partial charge in [-0.2, -0.15) is 0 Å². The monoisotopic (exact) mass is 352 g/mol. The van der Waals surface area contributed by atoms with E-state index in [1.165, 1.54) is 29.6 Å². The Kier molecular flexibility index (Phi) is 3.52. The predicted octanol–water partition coefficient (Wildman–Crippen LogP) is 3.68. The van der Waals surface area contributed by atoms with Crippen molar-refractivity contribution < 1.29 is 9.53 Å². The number of benzene rings is 1. The number of methoxy groups -OCH3 is 1. The van der Waals surface area contributed by atoms with Crippen LogP contribution in [0.5, 0.6) is 5.75 Å². The van der Waals surface area contributed by atoms with Gasteiger partial charge in [0.2, 0.25) is 0 Å². The van der Waals surface area contributed by atoms with Crippen molar-refractivity contribution >= 4 is 16.7 Å². The third-order valence-electron chi connectivity index (χ3n) is 7.45. The van der Waals surface area contributed by atoms with Crippen LogP contribution in [0.4, 0.5) is 0 Å². The highest BCUT2D eigenvalue weighted by Gasteiger charge is 2.60. The molecule has 3 fully saturated rings. The number of carbonyl (C=O) groups excluding carboxylic acids is 1. The van der Waals surface area contributed by atoms with Crippen LogP contribution in [-0.2, 0) is 16.6 Å². The molecule has 1 aromatic heterocycles. The number of Topliss-reactive ketones (excluding diaryl/α,β-unsaturated/α-hetero) is 1. The number of H-pyrrole nitrogens is 1. The van der Waals surface area contributed by atoms with Crippen molar-refractivity contribution in [1.29, 1.82) is 0 Å². The van der Waals surface area contributed by atoms with Crippen LogP contribution in [0.15, 0.2) is 18.2 Å². The normalized spacial score (nSPS) is 35.2. The van der Waals surface area contributed by atoms with E-state index >= 15 is 0 Å². The van der Waals surface area contributed by atoms with Gasteiger partial charge in [0.05, 0.1) is 12.5 Å². The SMILES string of the molecule is CC[C@H]1C[C@@H]2CN3CCc4c([nH]c5ccc(OC)cc45)[C@](C(C)=O)(C2)C13. The third kappa shape index (κ3) is 1.97. The average molecular weight is 352 g/mol. The molecule has 26 heavy (non-hydrogen) atoms. The molecule has 4 heterocycles. The van der Waals surface area contributed by atoms with Crippen LogP contribution in [0, 0.1) is 11.8 Å². The fraction of sp³-hybridized carbons (Fsp3) is 0.591. The lowest BCUT2D eigenvalue weighted by atomic mass is 9.55. The number of piperidine rings is 2. The van der Waals surface area contributed by atoms with Gasteiger partial charge in [0.1, 0.15) is 11.5 Å². The van der Waals surface area contributed by atoms with Gasteiger partial charge in [-0.15, -0.1) is 0 Å². The van der Waals surface area contributed by atoms with E-state index in [0.717, 1.165) is 37.1 Å². The number of ketones is 1. The summed E-state index contributed by atoms with van der Waals surface area (Å²) >= 11 is 0. The lowest BCUT2D eigenvalue weighted by molar-refractivity contribution is -0.136. The Hall–Kier alpha value is -1.81. The van der Waals surface area contributed by atoms with E-state index in [-0.39, 0.29) is 5.41 Å². The second-order valence-electron chi connectivity index (χ2n) is 8.58. The second kappa shape index (κ2) is 5.59. The first-order valence-electron chi connectivity index (χ1n) is 10.0. The molecule has 2 aromatic rings. The molecular weight excluding hydrogens is 324 g/mol. The van der Waals surface area contributed by atoms with Crippen molar-refractivity contribution in [3.05, 3.63) is 29.5 Å². The van der Waals surface area contributed by atoms with Gasteiger partial charge >= 0.3 is 0 Å². The zero-order valence-corrected chi connectivity index (χ0v) is 16.0. The number of nitrogens with zero attached hydrogens (tertiary/aromatic N) is 1. The molecule has 1 aromatic carbocycles. The van der Waals surface area contributed by atoms with Gasteiger partial charge in [0.15, 0.2) is 0 Å². The number of ether oxygens (including phenoxy) is 1. The molecular formula is C22H28N2O2. The number of aromatic nitrogens is 1. The zero-order valence-electron chi connectivity index (χ0n) is 16.0. The van der Waals surface area contributed by atoms with E-state index in [9.17, 15) is 4.79 Å². The van der Waals surface area contributed by atoms with E-state index in [2.05, 4.69) is 28.9 Å². The van der Waals surface area contributed by atoms with Gasteiger partial charge in [-0.25, -0.2) is 0 Å². The molecule has 1 saturated carbocycles. The molecule has 0 spiro atoms. The number of carbonyl (C=O) groups is 1. The van der Waals surface area contributed by atoms with Gasteiger partial charge in [0, 0.05) is 35.7 Å². The molecule has 6 rings (SSSR count). The van der Waals surface area contributed by atoms with Gasteiger partial charge in [-0.1, -0.05) is 13.3 Å². The van der Waals surface area contributed by atoms with Crippen LogP contribution in [0.1, 0.15) is 44.4 Å². The van der Waals surface area contributed by atoms with Crippen molar-refractivity contribution in [2.45, 2.75) is 51.0 Å². The maximum Gasteiger partial charge on any atom is 0.143 e. The molecule has 138 valence electrons. The fourth-order valence-electron chi connectivity index (χ4n) is 6.46. The first-order chi connectivity index (χ1) is 12.6. The Bertz CT molecular complexity index is 886. The Balaban J connectivity index is 1.78. The predicted molar refractivity (Wildman–Crippen MR) is 103 cm³/mol. The van der Waals surface area contributed by atoms with Gasteiger partial charge in [-0.3, -0.25) is 9.69 Å². The summed E-state index contributed by atoms with van der Waals surface area (Å²) in [5.74, 6) is 2.49. The number of hydrogen-bond donors (Lipinski definition) is 1. The molecule has 4 heteroatoms. The molecule has 0 radical (unpaired) electrons. The van der Waals surface area contributed by atoms with Crippen molar-refractivity contribution in [3.8, 4) is 5.75 Å². The molecule has 3 aliphatic heterocycles. The number of fused-ring (bicyclic) bond motifs is 4. The average Bonchev–Trinajstić information content (AvgIpc) is 2.99. The van der Waals surface area contributed by atoms with Crippen molar-refractivity contribution in [2.75, 3.05) is 20.2 Å². The molecule has 2 saturated heterocycles. The minimum absolute atomic E-state index is 0.344. The number of hydrogen-bond acceptors (Lipinski definition) is 3. The summed E-state index contributed by atoms with van der Waals surface area (Å²) < 4.78 is 5.47. The third-order valence-corrected chi connectivity index (χ3v) is 7.45. The Labute approximate surface area is 154 Å². The molecule has 2 unspecified atom stereocenters. The smallest absolute Gasteiger partial charge is 0.143 e. The van der Waals surface area contributed by atoms with Gasteiger partial charge in [0.25, 0.3) is 0 Å². The largest absolute Gasteiger partial charge is 0.497 e. The van der Waals surface area contributed by atoms with Gasteiger partial charge in [-0.05, 0) is 61.8 Å². The summed E-state index contributed by atoms with van der Waals surface area (Å²) in [6.07, 6.45) is 4.47. The van der Waals surface area contributed by atoms with E-state index in [1.54, 1.807) is 7.11 Å². The van der Waals surface area contributed by atoms with Crippen LogP contribution in [0.3, 0.4) is 0 Å². The van der Waals surface area contributed by atoms with Crippen LogP contribution in [0.25, 0.3) is 10.9 Å². The van der Waals surface area contributed by atoms with Gasteiger partial charge < -0.3 is 9.72 Å². The van der Waals surface area contributed by atoms with Crippen molar-refractivity contribution in [2.24, 2.45) is 11.8 Å². The van der Waals surface area contributed by atoms with E-state index in [1.807, 2.05) is 13.0 Å². The summed E-state index contributed by atoms with van der Waals surface area (Å²) in [6.45, 7) is 6.35. The first-order valence-corrected chi connectivity index (χ1v) is 10.0. The van der Waals surface area contributed by atoms with Crippen LogP contribution >= 0.6 is 0 Å². The maximum absolute atomic E-state index is 13.2. The Morgan fingerprint density at radius 2 is 2.27 bits per heavy atom. The standard InChI is InChI=1S/C22H28N2O2/c1-4-15-9-14-11-22(13(2)25)20-17(7-8-24(12-14)21(15)22)18-10-16(26-3)5-6-19(18)23-20/h5-6,10,14-15,21,23H,4,7-9,11-12H2,1-3H3/t14-,15-,21?,22+/m0/s1. The summed E-state index contributed by atoms with van der Waals surface area (Å²) in [4.78, 5) is 19.6. The van der Waals surface area contributed by atoms with Crippen LogP contribution in [0.2, 0.25) is 0 Å². The van der Waals surface area contributed by atoms with E-state index in [4.69, 9.17) is 4.74 Å². The molecule has 1 N–H and O–H groups in total. The molecule has 4 aliphatic rings. The first kappa shape index (κ1) is 16.4. The molecule has 1 aliphatic carbocycles. The molecule has 0 amide bonds. The number of rotatable bonds is 3. The molecule has 4 bridgehead atoms. The highest BCUT2D eigenvalue weighted by molar-refractivity contribution is 5.94. The number of aromatic amines is 1. The molecule has 4 nitrogen and oxygen atoms in total. The summed E-state index contributed by atoms with van der Waals surface area (Å²) in [5, 5.41) is 1.23. The second-order valence-corrected chi connectivity index (χ2v) is 8.58. The molecule has 5 atom stereocenters. The quantitative estimate of drug-likeness (QED) is 0.916. The summed E-state index contributed by atoms with van der Waals surface area (Å²) in [7, 11) is 1.72. The van der Waals surface area contributed by atoms with Crippen molar-refractivity contribution in [3.63, 3.8) is 0 Å². The van der Waals surface area contributed by atoms with E-state index < -0.39 is 0 Å². The minimum atomic E-state index is -0.361. The minimum Gasteiger partial charge on any atom is -0.497 e. The van der Waals surface area contributed by atoms with Crippen LogP contribution < -0.4 is 4.74 Å². The highest BCUT2D eigenvalue weighted by Crippen LogP contribution is 2.55. The van der Waals surface area contributed by atoms with Crippen molar-refractivity contribution in [1.82, 2.24) is 9.88 Å². The summed E-state index contributed by atoms with van der Waals surface area (Å²) in [6, 6.07) is 6.60. The zero-order chi connectivity index (χ0) is 18.1. The topological polar surface area (TPSA) is 45.3 Å². The Morgan fingerprint density at radius 1 is 1.42 bits per heavy atom. The fourth-order valence-corrected chi connectivity index (χ4v) is 6.46. The maximum atomic E-state index is 13.2. The lowest BCUT2D eigenvalue weighted by Crippen LogP contribution is -2.66. The lowest BCUT2D eigenvalue weighted by Gasteiger charge is -2.58. The number of nitrogens with one attached hydrogen (secondary N) is 1. The highest BCUT2D eigenvalue weighted by atomic mass is 16.5. The van der Waals surface area contributed by atoms with E-state index in [0.29, 0.717) is 23.7 Å². The summed E-state index contributed by atoms with van der Waals surface area (Å²) in [5.41, 5.74) is 3.34. The van der Waals surface area contributed by atoms with Crippen LogP contribution in [-0.4, -0.2) is 41.9 Å².